The lowest BCUT2D eigenvalue weighted by molar-refractivity contribution is -0.143. The molecule has 0 aromatic rings. The van der Waals surface area contributed by atoms with Crippen molar-refractivity contribution in [1.29, 1.82) is 0 Å². The molecule has 0 bridgehead atoms. The molecule has 2 rings (SSSR count). The average molecular weight is 332 g/mol. The normalized spacial score (nSPS) is 25.7. The van der Waals surface area contributed by atoms with Crippen molar-refractivity contribution in [2.75, 3.05) is 12.3 Å². The lowest BCUT2D eigenvalue weighted by Gasteiger charge is -2.27. The molecule has 8 heteroatoms. The highest BCUT2D eigenvalue weighted by molar-refractivity contribution is 7.90. The van der Waals surface area contributed by atoms with Gasteiger partial charge >= 0.3 is 5.97 Å². The molecule has 2 saturated carbocycles. The summed E-state index contributed by atoms with van der Waals surface area (Å²) in [5.74, 6) is -1.79. The van der Waals surface area contributed by atoms with Crippen LogP contribution in [0.15, 0.2) is 0 Å². The first kappa shape index (κ1) is 17.2. The van der Waals surface area contributed by atoms with E-state index in [4.69, 9.17) is 5.11 Å². The molecule has 0 aliphatic heterocycles. The second-order valence-corrected chi connectivity index (χ2v) is 8.23. The summed E-state index contributed by atoms with van der Waals surface area (Å²) in [6, 6.07) is -0.225. The molecular weight excluding hydrogens is 308 g/mol. The van der Waals surface area contributed by atoms with Crippen LogP contribution >= 0.6 is 0 Å². The van der Waals surface area contributed by atoms with Crippen molar-refractivity contribution in [1.82, 2.24) is 9.62 Å². The number of hydrogen-bond acceptors (Lipinski definition) is 4. The molecule has 0 saturated heterocycles. The molecule has 0 heterocycles. The monoisotopic (exact) mass is 332 g/mol. The minimum atomic E-state index is -3.72. The van der Waals surface area contributed by atoms with Gasteiger partial charge in [-0.1, -0.05) is 6.92 Å². The van der Waals surface area contributed by atoms with Gasteiger partial charge in [-0.05, 0) is 44.4 Å². The number of nitrogens with one attached hydrogen (secondary N) is 1. The Morgan fingerprint density at radius 3 is 2.23 bits per heavy atom. The van der Waals surface area contributed by atoms with E-state index < -0.39 is 34.2 Å². The summed E-state index contributed by atoms with van der Waals surface area (Å²) in [5, 5.41) is 8.83. The number of carbonyl (C=O) groups excluding carboxylic acids is 1. The summed E-state index contributed by atoms with van der Waals surface area (Å²) >= 11 is 0. The van der Waals surface area contributed by atoms with E-state index >= 15 is 0 Å². The van der Waals surface area contributed by atoms with Crippen LogP contribution in [0.25, 0.3) is 0 Å². The van der Waals surface area contributed by atoms with E-state index in [1.165, 1.54) is 4.90 Å². The fraction of sp³-hybridized carbons (Fsp3) is 0.857. The van der Waals surface area contributed by atoms with E-state index in [2.05, 4.69) is 11.6 Å². The van der Waals surface area contributed by atoms with Gasteiger partial charge in [-0.15, -0.1) is 0 Å². The number of sulfonamides is 1. The smallest absolute Gasteiger partial charge is 0.323 e. The number of hydrogen-bond donors (Lipinski definition) is 2. The summed E-state index contributed by atoms with van der Waals surface area (Å²) < 4.78 is 26.8. The van der Waals surface area contributed by atoms with Gasteiger partial charge in [0, 0.05) is 12.1 Å². The largest absolute Gasteiger partial charge is 0.480 e. The Balaban J connectivity index is 1.89. The first-order valence-corrected chi connectivity index (χ1v) is 9.43. The van der Waals surface area contributed by atoms with Gasteiger partial charge in [0.25, 0.3) is 0 Å². The minimum absolute atomic E-state index is 0.108. The molecule has 0 unspecified atom stereocenters. The lowest BCUT2D eigenvalue weighted by atomic mass is 9.88. The molecule has 7 nitrogen and oxygen atoms in total. The molecule has 1 amide bonds. The van der Waals surface area contributed by atoms with Crippen molar-refractivity contribution in [3.05, 3.63) is 0 Å². The van der Waals surface area contributed by atoms with Crippen LogP contribution < -0.4 is 4.72 Å². The average Bonchev–Trinajstić information content (AvgIpc) is 3.22. The van der Waals surface area contributed by atoms with E-state index in [0.29, 0.717) is 5.92 Å². The van der Waals surface area contributed by atoms with Crippen molar-refractivity contribution in [2.24, 2.45) is 5.92 Å². The second kappa shape index (κ2) is 6.95. The highest BCUT2D eigenvalue weighted by Crippen LogP contribution is 2.27. The Kier molecular flexibility index (Phi) is 5.44. The maximum Gasteiger partial charge on any atom is 0.323 e. The SMILES string of the molecule is CC1CCC(NS(=O)(=O)CC(=O)N(CC(=O)O)C2CC2)CC1. The van der Waals surface area contributed by atoms with Crippen LogP contribution in [0.1, 0.15) is 45.4 Å². The van der Waals surface area contributed by atoms with Crippen molar-refractivity contribution < 1.29 is 23.1 Å². The van der Waals surface area contributed by atoms with Crippen LogP contribution in [0.2, 0.25) is 0 Å². The first-order valence-electron chi connectivity index (χ1n) is 7.78. The predicted molar refractivity (Wildman–Crippen MR) is 80.7 cm³/mol. The number of aliphatic carboxylic acids is 1. The van der Waals surface area contributed by atoms with Gasteiger partial charge in [-0.25, -0.2) is 13.1 Å². The number of carbonyl (C=O) groups is 2. The third-order valence-electron chi connectivity index (χ3n) is 4.29. The molecule has 0 aromatic heterocycles. The molecule has 2 fully saturated rings. The topological polar surface area (TPSA) is 104 Å². The molecule has 0 atom stereocenters. The first-order chi connectivity index (χ1) is 10.3. The van der Waals surface area contributed by atoms with Crippen LogP contribution in [0.3, 0.4) is 0 Å². The maximum atomic E-state index is 12.1. The lowest BCUT2D eigenvalue weighted by Crippen LogP contribution is -2.45. The van der Waals surface area contributed by atoms with Crippen molar-refractivity contribution in [3.8, 4) is 0 Å². The Bertz CT molecular complexity index is 521. The summed E-state index contributed by atoms with van der Waals surface area (Å²) in [6.07, 6.45) is 5.02. The van der Waals surface area contributed by atoms with Gasteiger partial charge < -0.3 is 10.0 Å². The molecule has 0 spiro atoms. The second-order valence-electron chi connectivity index (χ2n) is 6.48. The molecule has 0 aromatic carbocycles. The minimum Gasteiger partial charge on any atom is -0.480 e. The van der Waals surface area contributed by atoms with Crippen LogP contribution in [-0.2, 0) is 19.6 Å². The predicted octanol–water partition coefficient (Wildman–Crippen LogP) is 0.560. The van der Waals surface area contributed by atoms with Crippen LogP contribution in [-0.4, -0.2) is 54.7 Å². The van der Waals surface area contributed by atoms with E-state index in [1.807, 2.05) is 0 Å². The van der Waals surface area contributed by atoms with Gasteiger partial charge in [0.2, 0.25) is 15.9 Å². The zero-order chi connectivity index (χ0) is 16.3. The summed E-state index contributed by atoms with van der Waals surface area (Å²) in [5.41, 5.74) is 0. The molecular formula is C14H24N2O5S. The Morgan fingerprint density at radius 2 is 1.73 bits per heavy atom. The number of amides is 1. The summed E-state index contributed by atoms with van der Waals surface area (Å²) in [6.45, 7) is 1.72. The molecule has 2 N–H and O–H groups in total. The van der Waals surface area contributed by atoms with Gasteiger partial charge in [0.1, 0.15) is 12.3 Å². The highest BCUT2D eigenvalue weighted by atomic mass is 32.2. The summed E-state index contributed by atoms with van der Waals surface area (Å²) in [4.78, 5) is 24.1. The standard InChI is InChI=1S/C14H24N2O5S/c1-10-2-4-11(5-3-10)15-22(20,21)9-13(17)16(8-14(18)19)12-6-7-12/h10-12,15H,2-9H2,1H3,(H,18,19). The van der Waals surface area contributed by atoms with E-state index in [0.717, 1.165) is 38.5 Å². The Labute approximate surface area is 131 Å². The number of carboxylic acids is 1. The molecule has 2 aliphatic carbocycles. The van der Waals surface area contributed by atoms with Crippen LogP contribution in [0.5, 0.6) is 0 Å². The van der Waals surface area contributed by atoms with E-state index in [9.17, 15) is 18.0 Å². The molecule has 2 aliphatic rings. The quantitative estimate of drug-likeness (QED) is 0.709. The fourth-order valence-electron chi connectivity index (χ4n) is 2.87. The maximum absolute atomic E-state index is 12.1. The van der Waals surface area contributed by atoms with Crippen molar-refractivity contribution in [2.45, 2.75) is 57.5 Å². The van der Waals surface area contributed by atoms with Gasteiger partial charge in [-0.2, -0.15) is 0 Å². The zero-order valence-electron chi connectivity index (χ0n) is 12.8. The number of rotatable bonds is 7. The van der Waals surface area contributed by atoms with Crippen molar-refractivity contribution >= 4 is 21.9 Å². The van der Waals surface area contributed by atoms with Crippen LogP contribution in [0.4, 0.5) is 0 Å². The van der Waals surface area contributed by atoms with Gasteiger partial charge in [0.05, 0.1) is 0 Å². The third kappa shape index (κ3) is 5.24. The van der Waals surface area contributed by atoms with Gasteiger partial charge in [0.15, 0.2) is 0 Å². The Hall–Kier alpha value is -1.15. The van der Waals surface area contributed by atoms with Crippen molar-refractivity contribution in [3.63, 3.8) is 0 Å². The van der Waals surface area contributed by atoms with E-state index in [-0.39, 0.29) is 12.1 Å². The van der Waals surface area contributed by atoms with Gasteiger partial charge in [-0.3, -0.25) is 9.59 Å². The molecule has 22 heavy (non-hydrogen) atoms. The molecule has 126 valence electrons. The fourth-order valence-corrected chi connectivity index (χ4v) is 4.19. The van der Waals surface area contributed by atoms with E-state index in [1.54, 1.807) is 0 Å². The summed E-state index contributed by atoms with van der Waals surface area (Å²) in [7, 11) is -3.72. The number of nitrogens with zero attached hydrogens (tertiary/aromatic N) is 1. The molecule has 0 radical (unpaired) electrons. The number of carboxylic acid groups (broad SMARTS) is 1. The third-order valence-corrected chi connectivity index (χ3v) is 5.61. The zero-order valence-corrected chi connectivity index (χ0v) is 13.6. The Morgan fingerprint density at radius 1 is 1.14 bits per heavy atom. The highest BCUT2D eigenvalue weighted by Gasteiger charge is 2.36. The van der Waals surface area contributed by atoms with Crippen LogP contribution in [0, 0.1) is 5.92 Å².